The minimum atomic E-state index is 0.123. The van der Waals surface area contributed by atoms with E-state index >= 15 is 0 Å². The Morgan fingerprint density at radius 1 is 1.52 bits per heavy atom. The lowest BCUT2D eigenvalue weighted by Crippen LogP contribution is -2.63. The van der Waals surface area contributed by atoms with E-state index in [-0.39, 0.29) is 5.41 Å². The number of aliphatic imine (C=N–C) groups is 1. The summed E-state index contributed by atoms with van der Waals surface area (Å²) in [6.07, 6.45) is 5.49. The quantitative estimate of drug-likeness (QED) is 0.458. The second kappa shape index (κ2) is 7.81. The predicted octanol–water partition coefficient (Wildman–Crippen LogP) is 2.07. The molecule has 2 rings (SSSR count). The van der Waals surface area contributed by atoms with Crippen LogP contribution in [0.1, 0.15) is 45.7 Å². The minimum Gasteiger partial charge on any atom is -0.378 e. The van der Waals surface area contributed by atoms with E-state index in [1.807, 2.05) is 17.8 Å². The van der Waals surface area contributed by atoms with Crippen LogP contribution in [-0.4, -0.2) is 41.5 Å². The molecule has 1 fully saturated rings. The van der Waals surface area contributed by atoms with E-state index in [0.29, 0.717) is 18.7 Å². The van der Waals surface area contributed by atoms with Gasteiger partial charge in [-0.15, -0.1) is 0 Å². The highest BCUT2D eigenvalue weighted by atomic mass is 16.5. The summed E-state index contributed by atoms with van der Waals surface area (Å²) in [5, 5.41) is 11.1. The van der Waals surface area contributed by atoms with Crippen molar-refractivity contribution in [3.8, 4) is 0 Å². The summed E-state index contributed by atoms with van der Waals surface area (Å²) in [6, 6.07) is 2.39. The smallest absolute Gasteiger partial charge is 0.191 e. The standard InChI is InChI=1S/C17H31N5O/c1-6-7-10-23-15-11-14(17(15,2)3)21-16(18-4)19-12-13-8-9-20-22(13)5/h8-9,14-15H,6-7,10-12H2,1-5H3,(H2,18,19,21). The Labute approximate surface area is 139 Å². The normalized spacial score (nSPS) is 23.4. The Morgan fingerprint density at radius 2 is 2.30 bits per heavy atom. The lowest BCUT2D eigenvalue weighted by molar-refractivity contribution is -0.113. The molecule has 0 aromatic carbocycles. The molecule has 0 bridgehead atoms. The van der Waals surface area contributed by atoms with Crippen molar-refractivity contribution in [1.82, 2.24) is 20.4 Å². The van der Waals surface area contributed by atoms with Crippen molar-refractivity contribution >= 4 is 5.96 Å². The molecule has 0 amide bonds. The van der Waals surface area contributed by atoms with Gasteiger partial charge in [-0.3, -0.25) is 9.67 Å². The van der Waals surface area contributed by atoms with Gasteiger partial charge in [0.05, 0.1) is 18.3 Å². The molecule has 2 N–H and O–H groups in total. The first kappa shape index (κ1) is 17.8. The molecule has 1 heterocycles. The molecule has 0 aliphatic heterocycles. The molecule has 6 heteroatoms. The lowest BCUT2D eigenvalue weighted by Gasteiger charge is -2.52. The fraction of sp³-hybridized carbons (Fsp3) is 0.765. The van der Waals surface area contributed by atoms with Gasteiger partial charge in [0.25, 0.3) is 0 Å². The van der Waals surface area contributed by atoms with Crippen LogP contribution in [-0.2, 0) is 18.3 Å². The van der Waals surface area contributed by atoms with Crippen molar-refractivity contribution in [3.63, 3.8) is 0 Å². The third-order valence-electron chi connectivity index (χ3n) is 4.89. The highest BCUT2D eigenvalue weighted by Gasteiger charge is 2.49. The molecular weight excluding hydrogens is 290 g/mol. The summed E-state index contributed by atoms with van der Waals surface area (Å²) in [5.74, 6) is 0.830. The number of aromatic nitrogens is 2. The van der Waals surface area contributed by atoms with Gasteiger partial charge in [-0.2, -0.15) is 5.10 Å². The molecule has 2 unspecified atom stereocenters. The van der Waals surface area contributed by atoms with Crippen LogP contribution in [0.15, 0.2) is 17.3 Å². The molecule has 130 valence electrons. The van der Waals surface area contributed by atoms with E-state index in [2.05, 4.69) is 41.5 Å². The molecule has 23 heavy (non-hydrogen) atoms. The molecule has 1 aliphatic carbocycles. The van der Waals surface area contributed by atoms with Crippen LogP contribution in [0.4, 0.5) is 0 Å². The van der Waals surface area contributed by atoms with Gasteiger partial charge >= 0.3 is 0 Å². The van der Waals surface area contributed by atoms with Crippen molar-refractivity contribution in [1.29, 1.82) is 0 Å². The van der Waals surface area contributed by atoms with Gasteiger partial charge in [0.1, 0.15) is 0 Å². The third-order valence-corrected chi connectivity index (χ3v) is 4.89. The van der Waals surface area contributed by atoms with E-state index in [9.17, 15) is 0 Å². The number of hydrogen-bond donors (Lipinski definition) is 2. The number of hydrogen-bond acceptors (Lipinski definition) is 3. The van der Waals surface area contributed by atoms with Gasteiger partial charge < -0.3 is 15.4 Å². The summed E-state index contributed by atoms with van der Waals surface area (Å²) in [5.41, 5.74) is 1.25. The van der Waals surface area contributed by atoms with Gasteiger partial charge in [-0.05, 0) is 18.9 Å². The largest absolute Gasteiger partial charge is 0.378 e. The summed E-state index contributed by atoms with van der Waals surface area (Å²) in [7, 11) is 3.75. The Morgan fingerprint density at radius 3 is 2.87 bits per heavy atom. The SMILES string of the molecule is CCCCOC1CC(NC(=NC)NCc2ccnn2C)C1(C)C. The van der Waals surface area contributed by atoms with Gasteiger partial charge in [0.2, 0.25) is 0 Å². The van der Waals surface area contributed by atoms with E-state index in [0.717, 1.165) is 31.1 Å². The molecule has 1 saturated carbocycles. The van der Waals surface area contributed by atoms with Crippen LogP contribution < -0.4 is 10.6 Å². The van der Waals surface area contributed by atoms with Crippen LogP contribution in [0.3, 0.4) is 0 Å². The molecule has 1 aliphatic rings. The van der Waals surface area contributed by atoms with Gasteiger partial charge in [-0.1, -0.05) is 27.2 Å². The number of unbranched alkanes of at least 4 members (excludes halogenated alkanes) is 1. The van der Waals surface area contributed by atoms with Crippen molar-refractivity contribution in [2.24, 2.45) is 17.5 Å². The molecule has 0 saturated heterocycles. The van der Waals surface area contributed by atoms with E-state index in [4.69, 9.17) is 4.74 Å². The Hall–Kier alpha value is -1.56. The molecule has 1 aromatic heterocycles. The molecule has 0 spiro atoms. The highest BCUT2D eigenvalue weighted by molar-refractivity contribution is 5.80. The maximum absolute atomic E-state index is 6.00. The third kappa shape index (κ3) is 4.25. The lowest BCUT2D eigenvalue weighted by atomic mass is 9.64. The monoisotopic (exact) mass is 321 g/mol. The fourth-order valence-electron chi connectivity index (χ4n) is 2.89. The van der Waals surface area contributed by atoms with Gasteiger partial charge in [-0.25, -0.2) is 0 Å². The van der Waals surface area contributed by atoms with Crippen LogP contribution >= 0.6 is 0 Å². The molecule has 6 nitrogen and oxygen atoms in total. The van der Waals surface area contributed by atoms with Crippen molar-refractivity contribution in [2.45, 2.75) is 58.7 Å². The number of ether oxygens (including phenoxy) is 1. The van der Waals surface area contributed by atoms with Gasteiger partial charge in [0, 0.05) is 38.4 Å². The zero-order valence-corrected chi connectivity index (χ0v) is 15.1. The number of nitrogens with one attached hydrogen (secondary N) is 2. The average Bonchev–Trinajstić information content (AvgIpc) is 2.94. The van der Waals surface area contributed by atoms with Crippen molar-refractivity contribution in [2.75, 3.05) is 13.7 Å². The summed E-state index contributed by atoms with van der Waals surface area (Å²) >= 11 is 0. The first-order chi connectivity index (χ1) is 11.0. The average molecular weight is 321 g/mol. The zero-order valence-electron chi connectivity index (χ0n) is 15.1. The van der Waals surface area contributed by atoms with Crippen LogP contribution in [0.5, 0.6) is 0 Å². The Kier molecular flexibility index (Phi) is 6.04. The number of rotatable bonds is 7. The Bertz CT molecular complexity index is 523. The number of nitrogens with zero attached hydrogens (tertiary/aromatic N) is 3. The van der Waals surface area contributed by atoms with E-state index < -0.39 is 0 Å². The van der Waals surface area contributed by atoms with Crippen LogP contribution in [0, 0.1) is 5.41 Å². The molecule has 1 aromatic rings. The van der Waals surface area contributed by atoms with Crippen LogP contribution in [0.25, 0.3) is 0 Å². The number of guanidine groups is 1. The second-order valence-corrected chi connectivity index (χ2v) is 6.84. The van der Waals surface area contributed by atoms with Crippen molar-refractivity contribution < 1.29 is 4.74 Å². The maximum atomic E-state index is 6.00. The Balaban J connectivity index is 1.80. The summed E-state index contributed by atoms with van der Waals surface area (Å²) in [6.45, 7) is 8.29. The fourth-order valence-corrected chi connectivity index (χ4v) is 2.89. The topological polar surface area (TPSA) is 63.5 Å². The molecule has 2 atom stereocenters. The zero-order chi connectivity index (χ0) is 16.9. The van der Waals surface area contributed by atoms with E-state index in [1.165, 1.54) is 6.42 Å². The van der Waals surface area contributed by atoms with E-state index in [1.54, 1.807) is 13.2 Å². The number of aryl methyl sites for hydroxylation is 1. The van der Waals surface area contributed by atoms with Crippen LogP contribution in [0.2, 0.25) is 0 Å². The second-order valence-electron chi connectivity index (χ2n) is 6.84. The first-order valence-corrected chi connectivity index (χ1v) is 8.54. The highest BCUT2D eigenvalue weighted by Crippen LogP contribution is 2.42. The predicted molar refractivity (Wildman–Crippen MR) is 93.4 cm³/mol. The summed E-state index contributed by atoms with van der Waals surface area (Å²) < 4.78 is 7.87. The summed E-state index contributed by atoms with van der Waals surface area (Å²) in [4.78, 5) is 4.33. The molecular formula is C17H31N5O. The maximum Gasteiger partial charge on any atom is 0.191 e. The van der Waals surface area contributed by atoms with Crippen molar-refractivity contribution in [3.05, 3.63) is 18.0 Å². The minimum absolute atomic E-state index is 0.123. The molecule has 0 radical (unpaired) electrons. The van der Waals surface area contributed by atoms with Gasteiger partial charge in [0.15, 0.2) is 5.96 Å². The first-order valence-electron chi connectivity index (χ1n) is 8.54.